The summed E-state index contributed by atoms with van der Waals surface area (Å²) in [7, 11) is 1.79. The lowest BCUT2D eigenvalue weighted by atomic mass is 10.2. The molecule has 17 heavy (non-hydrogen) atoms. The molecule has 0 unspecified atom stereocenters. The minimum absolute atomic E-state index is 0.204. The molecule has 2 aromatic rings. The molecule has 1 N–H and O–H groups in total. The highest BCUT2D eigenvalue weighted by Gasteiger charge is 2.17. The average molecular weight is 234 g/mol. The summed E-state index contributed by atoms with van der Waals surface area (Å²) < 4.78 is 6.64. The number of hydrogen-bond donors (Lipinski definition) is 1. The molecule has 90 valence electrons. The highest BCUT2D eigenvalue weighted by Crippen LogP contribution is 2.20. The van der Waals surface area contributed by atoms with E-state index in [9.17, 15) is 4.79 Å². The van der Waals surface area contributed by atoms with Crippen LogP contribution in [0.3, 0.4) is 0 Å². The van der Waals surface area contributed by atoms with E-state index in [4.69, 9.17) is 4.52 Å². The Morgan fingerprint density at radius 3 is 2.59 bits per heavy atom. The summed E-state index contributed by atoms with van der Waals surface area (Å²) in [5.74, 6) is 0.391. The van der Waals surface area contributed by atoms with Gasteiger partial charge < -0.3 is 9.84 Å². The van der Waals surface area contributed by atoms with Gasteiger partial charge in [-0.1, -0.05) is 5.16 Å². The molecule has 0 bridgehead atoms. The molecule has 1 amide bonds. The molecule has 2 aromatic heterocycles. The van der Waals surface area contributed by atoms with Crippen molar-refractivity contribution < 1.29 is 9.32 Å². The van der Waals surface area contributed by atoms with Crippen LogP contribution in [0.15, 0.2) is 10.7 Å². The number of anilines is 1. The lowest BCUT2D eigenvalue weighted by Crippen LogP contribution is -2.13. The van der Waals surface area contributed by atoms with Gasteiger partial charge in [0.05, 0.1) is 11.8 Å². The van der Waals surface area contributed by atoms with Crippen LogP contribution in [0.2, 0.25) is 0 Å². The fourth-order valence-electron chi connectivity index (χ4n) is 1.56. The standard InChI is InChI=1S/C11H14N4O2/c1-6-10(8(3)17-14-6)13-11(16)9-5-12-15(4)7(9)2/h5H,1-4H3,(H,13,16). The molecule has 6 nitrogen and oxygen atoms in total. The molecule has 0 aliphatic carbocycles. The van der Waals surface area contributed by atoms with E-state index >= 15 is 0 Å². The number of aromatic nitrogens is 3. The third kappa shape index (κ3) is 1.93. The number of nitrogens with zero attached hydrogens (tertiary/aromatic N) is 3. The zero-order chi connectivity index (χ0) is 12.6. The van der Waals surface area contributed by atoms with Crippen molar-refractivity contribution in [3.8, 4) is 0 Å². The van der Waals surface area contributed by atoms with Gasteiger partial charge in [0.1, 0.15) is 11.4 Å². The van der Waals surface area contributed by atoms with Gasteiger partial charge in [-0.2, -0.15) is 5.10 Å². The van der Waals surface area contributed by atoms with Gasteiger partial charge in [0.25, 0.3) is 5.91 Å². The van der Waals surface area contributed by atoms with E-state index in [-0.39, 0.29) is 5.91 Å². The van der Waals surface area contributed by atoms with Crippen LogP contribution in [0.4, 0.5) is 5.69 Å². The first-order valence-electron chi connectivity index (χ1n) is 5.23. The van der Waals surface area contributed by atoms with Gasteiger partial charge in [0.15, 0.2) is 5.76 Å². The van der Waals surface area contributed by atoms with Crippen LogP contribution < -0.4 is 5.32 Å². The Kier molecular flexibility index (Phi) is 2.71. The molecule has 0 aliphatic heterocycles. The Morgan fingerprint density at radius 2 is 2.12 bits per heavy atom. The smallest absolute Gasteiger partial charge is 0.259 e. The third-order valence-electron chi connectivity index (χ3n) is 2.75. The summed E-state index contributed by atoms with van der Waals surface area (Å²) in [6.07, 6.45) is 1.54. The van der Waals surface area contributed by atoms with Crippen LogP contribution in [-0.2, 0) is 7.05 Å². The van der Waals surface area contributed by atoms with Crippen LogP contribution in [-0.4, -0.2) is 20.8 Å². The summed E-state index contributed by atoms with van der Waals surface area (Å²) in [6, 6.07) is 0. The fourth-order valence-corrected chi connectivity index (χ4v) is 1.56. The van der Waals surface area contributed by atoms with Gasteiger partial charge in [-0.25, -0.2) is 0 Å². The van der Waals surface area contributed by atoms with Crippen molar-refractivity contribution in [2.24, 2.45) is 7.05 Å². The summed E-state index contributed by atoms with van der Waals surface area (Å²) in [5.41, 5.74) is 2.65. The highest BCUT2D eigenvalue weighted by molar-refractivity contribution is 6.05. The van der Waals surface area contributed by atoms with E-state index in [1.807, 2.05) is 6.92 Å². The molecule has 0 atom stereocenters. The summed E-state index contributed by atoms with van der Waals surface area (Å²) >= 11 is 0. The largest absolute Gasteiger partial charge is 0.359 e. The Hall–Kier alpha value is -2.11. The lowest BCUT2D eigenvalue weighted by Gasteiger charge is -2.03. The number of carbonyl (C=O) groups is 1. The first-order chi connectivity index (χ1) is 8.00. The molecule has 0 fully saturated rings. The van der Waals surface area contributed by atoms with E-state index in [1.54, 1.807) is 31.8 Å². The Bertz CT molecular complexity index is 549. The van der Waals surface area contributed by atoms with Gasteiger partial charge in [0.2, 0.25) is 0 Å². The van der Waals surface area contributed by atoms with Crippen LogP contribution in [0.25, 0.3) is 0 Å². The van der Waals surface area contributed by atoms with E-state index in [1.165, 1.54) is 0 Å². The number of hydrogen-bond acceptors (Lipinski definition) is 4. The zero-order valence-corrected chi connectivity index (χ0v) is 10.2. The SMILES string of the molecule is Cc1noc(C)c1NC(=O)c1cnn(C)c1C. The number of amides is 1. The molecule has 0 saturated heterocycles. The molecule has 0 saturated carbocycles. The summed E-state index contributed by atoms with van der Waals surface area (Å²) in [4.78, 5) is 12.0. The van der Waals surface area contributed by atoms with Crippen LogP contribution >= 0.6 is 0 Å². The van der Waals surface area contributed by atoms with E-state index in [2.05, 4.69) is 15.6 Å². The van der Waals surface area contributed by atoms with Crippen LogP contribution in [0.5, 0.6) is 0 Å². The zero-order valence-electron chi connectivity index (χ0n) is 10.2. The number of nitrogens with one attached hydrogen (secondary N) is 1. The second kappa shape index (κ2) is 4.04. The fraction of sp³-hybridized carbons (Fsp3) is 0.364. The predicted molar refractivity (Wildman–Crippen MR) is 61.9 cm³/mol. The lowest BCUT2D eigenvalue weighted by molar-refractivity contribution is 0.102. The average Bonchev–Trinajstić information content (AvgIpc) is 2.77. The van der Waals surface area contributed by atoms with Gasteiger partial charge in [-0.3, -0.25) is 9.48 Å². The first-order valence-corrected chi connectivity index (χ1v) is 5.23. The minimum Gasteiger partial charge on any atom is -0.359 e. The normalized spacial score (nSPS) is 10.6. The molecule has 2 heterocycles. The Morgan fingerprint density at radius 1 is 1.41 bits per heavy atom. The Labute approximate surface area is 98.6 Å². The topological polar surface area (TPSA) is 73.0 Å². The van der Waals surface area contributed by atoms with E-state index in [0.29, 0.717) is 22.7 Å². The minimum atomic E-state index is -0.204. The summed E-state index contributed by atoms with van der Waals surface area (Å²) in [6.45, 7) is 5.38. The van der Waals surface area contributed by atoms with Crippen molar-refractivity contribution in [3.05, 3.63) is 28.9 Å². The second-order valence-electron chi connectivity index (χ2n) is 3.92. The molecular weight excluding hydrogens is 220 g/mol. The van der Waals surface area contributed by atoms with Gasteiger partial charge in [-0.15, -0.1) is 0 Å². The number of carbonyl (C=O) groups excluding carboxylic acids is 1. The van der Waals surface area contributed by atoms with Crippen molar-refractivity contribution in [2.45, 2.75) is 20.8 Å². The van der Waals surface area contributed by atoms with Crippen molar-refractivity contribution in [1.82, 2.24) is 14.9 Å². The van der Waals surface area contributed by atoms with Gasteiger partial charge in [-0.05, 0) is 20.8 Å². The molecule has 0 aromatic carbocycles. The number of rotatable bonds is 2. The van der Waals surface area contributed by atoms with E-state index < -0.39 is 0 Å². The molecule has 0 spiro atoms. The second-order valence-corrected chi connectivity index (χ2v) is 3.92. The molecule has 2 rings (SSSR count). The predicted octanol–water partition coefficient (Wildman–Crippen LogP) is 1.59. The Balaban J connectivity index is 2.26. The molecular formula is C11H14N4O2. The van der Waals surface area contributed by atoms with Crippen LogP contribution in [0.1, 0.15) is 27.5 Å². The molecule has 0 radical (unpaired) electrons. The monoisotopic (exact) mass is 234 g/mol. The molecule has 6 heteroatoms. The van der Waals surface area contributed by atoms with Crippen molar-refractivity contribution >= 4 is 11.6 Å². The maximum Gasteiger partial charge on any atom is 0.259 e. The maximum atomic E-state index is 12.0. The maximum absolute atomic E-state index is 12.0. The van der Waals surface area contributed by atoms with E-state index in [0.717, 1.165) is 5.69 Å². The third-order valence-corrected chi connectivity index (χ3v) is 2.75. The first kappa shape index (κ1) is 11.4. The molecule has 0 aliphatic rings. The quantitative estimate of drug-likeness (QED) is 0.856. The van der Waals surface area contributed by atoms with Crippen molar-refractivity contribution in [2.75, 3.05) is 5.32 Å². The summed E-state index contributed by atoms with van der Waals surface area (Å²) in [5, 5.41) is 10.6. The van der Waals surface area contributed by atoms with Crippen molar-refractivity contribution in [1.29, 1.82) is 0 Å². The number of aryl methyl sites for hydroxylation is 3. The van der Waals surface area contributed by atoms with Gasteiger partial charge >= 0.3 is 0 Å². The highest BCUT2D eigenvalue weighted by atomic mass is 16.5. The van der Waals surface area contributed by atoms with Crippen LogP contribution in [0, 0.1) is 20.8 Å². The van der Waals surface area contributed by atoms with Crippen molar-refractivity contribution in [3.63, 3.8) is 0 Å². The van der Waals surface area contributed by atoms with Gasteiger partial charge in [0, 0.05) is 12.7 Å².